The fraction of sp³-hybridized carbons (Fsp3) is 0.250. The minimum atomic E-state index is -0.0553. The third kappa shape index (κ3) is 3.42. The largest absolute Gasteiger partial charge is 0.494 e. The van der Waals surface area contributed by atoms with Gasteiger partial charge in [-0.25, -0.2) is 4.98 Å². The van der Waals surface area contributed by atoms with Crippen LogP contribution < -0.4 is 9.64 Å². The van der Waals surface area contributed by atoms with E-state index in [1.807, 2.05) is 60.7 Å². The van der Waals surface area contributed by atoms with Crippen molar-refractivity contribution in [1.82, 2.24) is 4.98 Å². The van der Waals surface area contributed by atoms with Crippen molar-refractivity contribution in [2.24, 2.45) is 0 Å². The summed E-state index contributed by atoms with van der Waals surface area (Å²) in [5.74, 6) is 0.657. The number of aromatic nitrogens is 1. The van der Waals surface area contributed by atoms with Gasteiger partial charge in [0.25, 0.3) is 5.91 Å². The summed E-state index contributed by atoms with van der Waals surface area (Å²) in [7, 11) is 1.64. The van der Waals surface area contributed by atoms with E-state index in [1.54, 1.807) is 12.0 Å². The van der Waals surface area contributed by atoms with Gasteiger partial charge < -0.3 is 9.47 Å². The Bertz CT molecular complexity index is 1210. The third-order valence-corrected chi connectivity index (χ3v) is 6.54. The van der Waals surface area contributed by atoms with Gasteiger partial charge in [-0.1, -0.05) is 53.8 Å². The normalized spacial score (nSPS) is 16.2. The number of hydrogen-bond acceptors (Lipinski definition) is 5. The van der Waals surface area contributed by atoms with E-state index in [-0.39, 0.29) is 12.0 Å². The van der Waals surface area contributed by atoms with Gasteiger partial charge in [0, 0.05) is 12.2 Å². The summed E-state index contributed by atoms with van der Waals surface area (Å²) in [6.45, 7) is 1.23. The SMILES string of the molecule is COc1cccc2sc(N(CC3CCCO3)C(=O)c3cccc4ccccc34)nc12. The maximum atomic E-state index is 13.8. The van der Waals surface area contributed by atoms with Gasteiger partial charge in [0.1, 0.15) is 11.3 Å². The quantitative estimate of drug-likeness (QED) is 0.442. The summed E-state index contributed by atoms with van der Waals surface area (Å²) in [5.41, 5.74) is 1.46. The van der Waals surface area contributed by atoms with Gasteiger partial charge in [-0.15, -0.1) is 0 Å². The molecule has 1 aliphatic heterocycles. The zero-order chi connectivity index (χ0) is 20.5. The van der Waals surface area contributed by atoms with Crippen LogP contribution in [0.4, 0.5) is 5.13 Å². The van der Waals surface area contributed by atoms with Gasteiger partial charge in [-0.3, -0.25) is 9.69 Å². The molecule has 6 heteroatoms. The van der Waals surface area contributed by atoms with Crippen LogP contribution in [0.5, 0.6) is 5.75 Å². The summed E-state index contributed by atoms with van der Waals surface area (Å²) < 4.78 is 12.3. The van der Waals surface area contributed by atoms with Crippen molar-refractivity contribution in [3.8, 4) is 5.75 Å². The van der Waals surface area contributed by atoms with Crippen molar-refractivity contribution in [2.75, 3.05) is 25.2 Å². The summed E-state index contributed by atoms with van der Waals surface area (Å²) in [6, 6.07) is 19.7. The molecule has 0 bridgehead atoms. The first-order valence-corrected chi connectivity index (χ1v) is 10.9. The highest BCUT2D eigenvalue weighted by Crippen LogP contribution is 2.35. The highest BCUT2D eigenvalue weighted by Gasteiger charge is 2.28. The summed E-state index contributed by atoms with van der Waals surface area (Å²) in [5, 5.41) is 2.66. The van der Waals surface area contributed by atoms with Crippen LogP contribution in [-0.2, 0) is 4.74 Å². The summed E-state index contributed by atoms with van der Waals surface area (Å²) in [6.07, 6.45) is 2.00. The molecule has 30 heavy (non-hydrogen) atoms. The van der Waals surface area contributed by atoms with E-state index in [1.165, 1.54) is 11.3 Å². The molecule has 1 atom stereocenters. The number of fused-ring (bicyclic) bond motifs is 2. The predicted molar refractivity (Wildman–Crippen MR) is 121 cm³/mol. The van der Waals surface area contributed by atoms with Crippen molar-refractivity contribution in [1.29, 1.82) is 0 Å². The average Bonchev–Trinajstić information content (AvgIpc) is 3.46. The fourth-order valence-corrected chi connectivity index (χ4v) is 4.98. The van der Waals surface area contributed by atoms with Gasteiger partial charge in [-0.05, 0) is 41.8 Å². The Morgan fingerprint density at radius 1 is 1.17 bits per heavy atom. The number of thiazole rings is 1. The van der Waals surface area contributed by atoms with E-state index in [0.29, 0.717) is 23.0 Å². The lowest BCUT2D eigenvalue weighted by molar-refractivity contribution is 0.0919. The second-order valence-corrected chi connectivity index (χ2v) is 8.39. The van der Waals surface area contributed by atoms with E-state index in [2.05, 4.69) is 0 Å². The minimum Gasteiger partial charge on any atom is -0.494 e. The van der Waals surface area contributed by atoms with Crippen LogP contribution in [-0.4, -0.2) is 37.3 Å². The minimum absolute atomic E-state index is 0.0258. The molecule has 4 aromatic rings. The first-order chi connectivity index (χ1) is 14.7. The first-order valence-electron chi connectivity index (χ1n) is 10.1. The van der Waals surface area contributed by atoms with Crippen LogP contribution in [0.1, 0.15) is 23.2 Å². The highest BCUT2D eigenvalue weighted by atomic mass is 32.1. The molecule has 1 amide bonds. The number of ether oxygens (including phenoxy) is 2. The second-order valence-electron chi connectivity index (χ2n) is 7.38. The molecule has 2 heterocycles. The molecule has 5 nitrogen and oxygen atoms in total. The molecule has 0 spiro atoms. The van der Waals surface area contributed by atoms with Crippen molar-refractivity contribution in [3.63, 3.8) is 0 Å². The van der Waals surface area contributed by atoms with E-state index < -0.39 is 0 Å². The zero-order valence-electron chi connectivity index (χ0n) is 16.7. The Morgan fingerprint density at radius 2 is 2.00 bits per heavy atom. The topological polar surface area (TPSA) is 51.7 Å². The van der Waals surface area contributed by atoms with Gasteiger partial charge >= 0.3 is 0 Å². The first kappa shape index (κ1) is 19.0. The number of methoxy groups -OCH3 is 1. The molecule has 5 rings (SSSR count). The van der Waals surface area contributed by atoms with Crippen molar-refractivity contribution >= 4 is 43.4 Å². The van der Waals surface area contributed by atoms with Gasteiger partial charge in [0.05, 0.1) is 24.5 Å². The van der Waals surface area contributed by atoms with Gasteiger partial charge in [0.15, 0.2) is 5.13 Å². The maximum Gasteiger partial charge on any atom is 0.260 e. The second kappa shape index (κ2) is 8.05. The standard InChI is InChI=1S/C24H22N2O3S/c1-28-20-12-5-13-21-22(20)25-24(30-21)26(15-17-9-6-14-29-17)23(27)19-11-4-8-16-7-2-3-10-18(16)19/h2-5,7-8,10-13,17H,6,9,14-15H2,1H3. The average molecular weight is 419 g/mol. The number of amides is 1. The van der Waals surface area contributed by atoms with Crippen LogP contribution in [0.15, 0.2) is 60.7 Å². The van der Waals surface area contributed by atoms with E-state index >= 15 is 0 Å². The Labute approximate surface area is 178 Å². The molecule has 0 N–H and O–H groups in total. The van der Waals surface area contributed by atoms with Crippen LogP contribution in [0, 0.1) is 0 Å². The number of benzene rings is 3. The lowest BCUT2D eigenvalue weighted by atomic mass is 10.0. The maximum absolute atomic E-state index is 13.8. The Balaban J connectivity index is 1.60. The third-order valence-electron chi connectivity index (χ3n) is 5.50. The van der Waals surface area contributed by atoms with Crippen LogP contribution in [0.2, 0.25) is 0 Å². The van der Waals surface area contributed by atoms with E-state index in [4.69, 9.17) is 14.5 Å². The molecule has 0 radical (unpaired) electrons. The molecule has 0 aliphatic carbocycles. The zero-order valence-corrected chi connectivity index (χ0v) is 17.5. The van der Waals surface area contributed by atoms with Gasteiger partial charge in [-0.2, -0.15) is 0 Å². The number of hydrogen-bond donors (Lipinski definition) is 0. The molecular formula is C24H22N2O3S. The number of para-hydroxylation sites is 1. The Hall–Kier alpha value is -2.96. The van der Waals surface area contributed by atoms with Crippen LogP contribution in [0.25, 0.3) is 21.0 Å². The molecule has 1 saturated heterocycles. The summed E-state index contributed by atoms with van der Waals surface area (Å²) >= 11 is 1.51. The van der Waals surface area contributed by atoms with Crippen molar-refractivity contribution in [2.45, 2.75) is 18.9 Å². The molecule has 1 aromatic heterocycles. The lowest BCUT2D eigenvalue weighted by Crippen LogP contribution is -2.37. The number of carbonyl (C=O) groups excluding carboxylic acids is 1. The summed E-state index contributed by atoms with van der Waals surface area (Å²) in [4.78, 5) is 20.4. The molecule has 3 aromatic carbocycles. The van der Waals surface area contributed by atoms with Crippen LogP contribution >= 0.6 is 11.3 Å². The smallest absolute Gasteiger partial charge is 0.260 e. The molecule has 1 unspecified atom stereocenters. The molecule has 1 aliphatic rings. The Kier molecular flexibility index (Phi) is 5.11. The molecule has 152 valence electrons. The van der Waals surface area contributed by atoms with Crippen LogP contribution in [0.3, 0.4) is 0 Å². The van der Waals surface area contributed by atoms with E-state index in [9.17, 15) is 4.79 Å². The number of carbonyl (C=O) groups is 1. The Morgan fingerprint density at radius 3 is 2.83 bits per heavy atom. The van der Waals surface area contributed by atoms with Gasteiger partial charge in [0.2, 0.25) is 0 Å². The monoisotopic (exact) mass is 418 g/mol. The van der Waals surface area contributed by atoms with Crippen molar-refractivity contribution < 1.29 is 14.3 Å². The predicted octanol–water partition coefficient (Wildman–Crippen LogP) is 5.28. The number of rotatable bonds is 5. The van der Waals surface area contributed by atoms with Crippen molar-refractivity contribution in [3.05, 3.63) is 66.2 Å². The number of nitrogens with zero attached hydrogens (tertiary/aromatic N) is 2. The lowest BCUT2D eigenvalue weighted by Gasteiger charge is -2.23. The molecular weight excluding hydrogens is 396 g/mol. The fourth-order valence-electron chi connectivity index (χ4n) is 3.99. The highest BCUT2D eigenvalue weighted by molar-refractivity contribution is 7.22. The molecule has 0 saturated carbocycles. The number of anilines is 1. The molecule has 1 fully saturated rings. The van der Waals surface area contributed by atoms with E-state index in [0.717, 1.165) is 40.4 Å².